The monoisotopic (exact) mass is 475 g/mol. The van der Waals surface area contributed by atoms with Crippen molar-refractivity contribution in [1.82, 2.24) is 10.2 Å². The number of nitrogens with zero attached hydrogens (tertiary/aromatic N) is 1. The van der Waals surface area contributed by atoms with Gasteiger partial charge in [0.2, 0.25) is 5.91 Å². The first-order valence-corrected chi connectivity index (χ1v) is 11.5. The second-order valence-electron chi connectivity index (χ2n) is 8.01. The van der Waals surface area contributed by atoms with Crippen molar-refractivity contribution in [3.05, 3.63) is 95.6 Å². The maximum absolute atomic E-state index is 12.6. The third-order valence-electron chi connectivity index (χ3n) is 5.16. The van der Waals surface area contributed by atoms with Crippen LogP contribution >= 0.6 is 12.2 Å². The number of amides is 2. The number of benzene rings is 3. The number of nitrogens with one attached hydrogen (secondary N) is 2. The summed E-state index contributed by atoms with van der Waals surface area (Å²) in [6.07, 6.45) is 1.92. The maximum Gasteiger partial charge on any atom is 0.257 e. The summed E-state index contributed by atoms with van der Waals surface area (Å²) in [5.41, 5.74) is 3.47. The van der Waals surface area contributed by atoms with Crippen molar-refractivity contribution >= 4 is 34.8 Å². The number of hydrogen-bond acceptors (Lipinski definition) is 4. The van der Waals surface area contributed by atoms with Crippen molar-refractivity contribution in [3.63, 3.8) is 0 Å². The van der Waals surface area contributed by atoms with Crippen molar-refractivity contribution in [2.24, 2.45) is 0 Å². The highest BCUT2D eigenvalue weighted by Gasteiger charge is 2.10. The van der Waals surface area contributed by atoms with E-state index in [0.29, 0.717) is 30.8 Å². The Balaban J connectivity index is 1.47. The van der Waals surface area contributed by atoms with Crippen LogP contribution in [0.15, 0.2) is 78.9 Å². The Labute approximate surface area is 205 Å². The molecule has 0 aromatic heterocycles. The van der Waals surface area contributed by atoms with E-state index in [9.17, 15) is 9.59 Å². The molecule has 7 heteroatoms. The molecule has 0 heterocycles. The van der Waals surface area contributed by atoms with Crippen LogP contribution in [0.25, 0.3) is 0 Å². The molecule has 0 radical (unpaired) electrons. The van der Waals surface area contributed by atoms with E-state index in [2.05, 4.69) is 22.8 Å². The van der Waals surface area contributed by atoms with Gasteiger partial charge in [0.15, 0.2) is 5.11 Å². The third kappa shape index (κ3) is 8.01. The molecule has 0 saturated heterocycles. The van der Waals surface area contributed by atoms with E-state index in [1.807, 2.05) is 48.5 Å². The molecular weight excluding hydrogens is 446 g/mol. The van der Waals surface area contributed by atoms with Gasteiger partial charge in [-0.05, 0) is 60.1 Å². The molecule has 0 saturated carbocycles. The van der Waals surface area contributed by atoms with Gasteiger partial charge in [-0.3, -0.25) is 14.9 Å². The number of aryl methyl sites for hydroxylation is 1. The molecule has 3 aromatic carbocycles. The van der Waals surface area contributed by atoms with E-state index in [1.54, 1.807) is 37.2 Å². The van der Waals surface area contributed by atoms with Crippen LogP contribution < -0.4 is 15.4 Å². The summed E-state index contributed by atoms with van der Waals surface area (Å²) >= 11 is 5.29. The minimum Gasteiger partial charge on any atom is -0.493 e. The number of carbonyl (C=O) groups is 2. The molecule has 6 nitrogen and oxygen atoms in total. The second-order valence-corrected chi connectivity index (χ2v) is 8.41. The van der Waals surface area contributed by atoms with Gasteiger partial charge in [-0.2, -0.15) is 0 Å². The Kier molecular flexibility index (Phi) is 9.17. The second kappa shape index (κ2) is 12.5. The smallest absolute Gasteiger partial charge is 0.257 e. The van der Waals surface area contributed by atoms with Gasteiger partial charge in [0, 0.05) is 38.2 Å². The minimum absolute atomic E-state index is 0.0942. The fourth-order valence-electron chi connectivity index (χ4n) is 3.23. The summed E-state index contributed by atoms with van der Waals surface area (Å²) in [6.45, 7) is 0.522. The van der Waals surface area contributed by atoms with Crippen LogP contribution in [0.4, 0.5) is 5.69 Å². The number of rotatable bonds is 9. The van der Waals surface area contributed by atoms with Crippen molar-refractivity contribution < 1.29 is 14.3 Å². The zero-order valence-electron chi connectivity index (χ0n) is 19.4. The van der Waals surface area contributed by atoms with Gasteiger partial charge in [-0.15, -0.1) is 0 Å². The van der Waals surface area contributed by atoms with Crippen LogP contribution in [0.5, 0.6) is 5.75 Å². The Hall–Kier alpha value is -3.71. The van der Waals surface area contributed by atoms with Crippen LogP contribution in [0, 0.1) is 0 Å². The van der Waals surface area contributed by atoms with Crippen LogP contribution in [0.3, 0.4) is 0 Å². The number of ether oxygens (including phenoxy) is 1. The van der Waals surface area contributed by atoms with Crippen molar-refractivity contribution in [1.29, 1.82) is 0 Å². The minimum atomic E-state index is -0.315. The molecule has 3 aromatic rings. The standard InChI is InChI=1S/C27H29N3O3S/c1-30(2)25(31)16-13-21-11-14-23(15-12-21)28-27(34)29-26(32)22-9-6-10-24(19-22)33-18-17-20-7-4-3-5-8-20/h3-12,14-15,19H,13,16-18H2,1-2H3,(H2,28,29,32,34). The van der Waals surface area contributed by atoms with E-state index in [4.69, 9.17) is 17.0 Å². The number of anilines is 1. The van der Waals surface area contributed by atoms with E-state index in [0.717, 1.165) is 17.7 Å². The topological polar surface area (TPSA) is 70.7 Å². The Bertz CT molecular complexity index is 1120. The van der Waals surface area contributed by atoms with Gasteiger partial charge < -0.3 is 15.0 Å². The molecule has 3 rings (SSSR count). The number of carbonyl (C=O) groups excluding carboxylic acids is 2. The average Bonchev–Trinajstić information content (AvgIpc) is 2.84. The largest absolute Gasteiger partial charge is 0.493 e. The number of thiocarbonyl (C=S) groups is 1. The van der Waals surface area contributed by atoms with Crippen molar-refractivity contribution in [3.8, 4) is 5.75 Å². The van der Waals surface area contributed by atoms with E-state index >= 15 is 0 Å². The van der Waals surface area contributed by atoms with Gasteiger partial charge in [-0.1, -0.05) is 48.5 Å². The molecule has 34 heavy (non-hydrogen) atoms. The Morgan fingerprint density at radius 1 is 0.882 bits per heavy atom. The highest BCUT2D eigenvalue weighted by molar-refractivity contribution is 7.80. The molecule has 2 N–H and O–H groups in total. The predicted molar refractivity (Wildman–Crippen MR) is 139 cm³/mol. The zero-order chi connectivity index (χ0) is 24.3. The highest BCUT2D eigenvalue weighted by Crippen LogP contribution is 2.15. The Morgan fingerprint density at radius 3 is 2.29 bits per heavy atom. The normalized spacial score (nSPS) is 10.3. The summed E-state index contributed by atoms with van der Waals surface area (Å²) in [6, 6.07) is 24.7. The van der Waals surface area contributed by atoms with E-state index in [-0.39, 0.29) is 16.9 Å². The van der Waals surface area contributed by atoms with Gasteiger partial charge in [0.25, 0.3) is 5.91 Å². The molecule has 0 aliphatic rings. The van der Waals surface area contributed by atoms with E-state index in [1.165, 1.54) is 5.56 Å². The molecule has 0 aliphatic carbocycles. The first-order valence-electron chi connectivity index (χ1n) is 11.1. The fourth-order valence-corrected chi connectivity index (χ4v) is 3.44. The molecule has 0 aliphatic heterocycles. The molecule has 0 fully saturated rings. The summed E-state index contributed by atoms with van der Waals surface area (Å²) in [5, 5.41) is 5.91. The SMILES string of the molecule is CN(C)C(=O)CCc1ccc(NC(=S)NC(=O)c2cccc(OCCc3ccccc3)c2)cc1. The molecule has 0 atom stereocenters. The Morgan fingerprint density at radius 2 is 1.59 bits per heavy atom. The van der Waals surface area contributed by atoms with Gasteiger partial charge in [0.05, 0.1) is 6.61 Å². The summed E-state index contributed by atoms with van der Waals surface area (Å²) < 4.78 is 5.81. The lowest BCUT2D eigenvalue weighted by atomic mass is 10.1. The van der Waals surface area contributed by atoms with Crippen molar-refractivity contribution in [2.75, 3.05) is 26.0 Å². The van der Waals surface area contributed by atoms with Gasteiger partial charge in [-0.25, -0.2) is 0 Å². The highest BCUT2D eigenvalue weighted by atomic mass is 32.1. The molecule has 0 unspecified atom stereocenters. The lowest BCUT2D eigenvalue weighted by molar-refractivity contribution is -0.128. The number of hydrogen-bond donors (Lipinski definition) is 2. The summed E-state index contributed by atoms with van der Waals surface area (Å²) in [4.78, 5) is 25.9. The quantitative estimate of drug-likeness (QED) is 0.447. The maximum atomic E-state index is 12.6. The van der Waals surface area contributed by atoms with Crippen LogP contribution in [-0.2, 0) is 17.6 Å². The molecule has 0 spiro atoms. The molecule has 2 amide bonds. The van der Waals surface area contributed by atoms with Crippen molar-refractivity contribution in [2.45, 2.75) is 19.3 Å². The molecular formula is C27H29N3O3S. The average molecular weight is 476 g/mol. The van der Waals surface area contributed by atoms with Crippen LogP contribution in [0.2, 0.25) is 0 Å². The summed E-state index contributed by atoms with van der Waals surface area (Å²) in [7, 11) is 3.50. The first kappa shape index (κ1) is 24.9. The van der Waals surface area contributed by atoms with Crippen LogP contribution in [-0.4, -0.2) is 42.5 Å². The zero-order valence-corrected chi connectivity index (χ0v) is 20.2. The lowest BCUT2D eigenvalue weighted by Gasteiger charge is -2.12. The molecule has 176 valence electrons. The lowest BCUT2D eigenvalue weighted by Crippen LogP contribution is -2.34. The van der Waals surface area contributed by atoms with Gasteiger partial charge in [0.1, 0.15) is 5.75 Å². The van der Waals surface area contributed by atoms with Gasteiger partial charge >= 0.3 is 0 Å². The molecule has 0 bridgehead atoms. The van der Waals surface area contributed by atoms with Crippen LogP contribution in [0.1, 0.15) is 27.9 Å². The third-order valence-corrected chi connectivity index (χ3v) is 5.37. The first-order chi connectivity index (χ1) is 16.4. The summed E-state index contributed by atoms with van der Waals surface area (Å²) in [5.74, 6) is 0.410. The van der Waals surface area contributed by atoms with E-state index < -0.39 is 0 Å². The fraction of sp³-hybridized carbons (Fsp3) is 0.222. The predicted octanol–water partition coefficient (Wildman–Crippen LogP) is 4.46.